The molecule has 7 heteroatoms. The zero-order chi connectivity index (χ0) is 22.8. The summed E-state index contributed by atoms with van der Waals surface area (Å²) in [5.74, 6) is 0.788. The van der Waals surface area contributed by atoms with Gasteiger partial charge in [0.15, 0.2) is 5.82 Å². The monoisotopic (exact) mass is 454 g/mol. The number of hydrogen-bond donors (Lipinski definition) is 2. The summed E-state index contributed by atoms with van der Waals surface area (Å²) in [4.78, 5) is 1.26. The fraction of sp³-hybridized carbons (Fsp3) is 0.192. The summed E-state index contributed by atoms with van der Waals surface area (Å²) < 4.78 is 1.81. The molecule has 3 aromatic heterocycles. The summed E-state index contributed by atoms with van der Waals surface area (Å²) in [5, 5.41) is 24.1. The summed E-state index contributed by atoms with van der Waals surface area (Å²) >= 11 is 1.76. The smallest absolute Gasteiger partial charge is 0.157 e. The van der Waals surface area contributed by atoms with E-state index >= 15 is 0 Å². The van der Waals surface area contributed by atoms with Gasteiger partial charge in [0.05, 0.1) is 18.4 Å². The molecule has 33 heavy (non-hydrogen) atoms. The second-order valence-electron chi connectivity index (χ2n) is 8.19. The molecule has 0 saturated carbocycles. The number of fused-ring (bicyclic) bond motifs is 1. The molecule has 0 unspecified atom stereocenters. The molecule has 0 saturated heterocycles. The van der Waals surface area contributed by atoms with Crippen molar-refractivity contribution in [3.05, 3.63) is 82.9 Å². The van der Waals surface area contributed by atoms with Crippen molar-refractivity contribution in [2.24, 2.45) is 7.05 Å². The van der Waals surface area contributed by atoms with Gasteiger partial charge in [-0.2, -0.15) is 10.2 Å². The molecule has 6 nitrogen and oxygen atoms in total. The van der Waals surface area contributed by atoms with Crippen LogP contribution >= 0.6 is 11.3 Å². The molecule has 0 aliphatic carbocycles. The first-order valence-corrected chi connectivity index (χ1v) is 11.8. The predicted octanol–water partition coefficient (Wildman–Crippen LogP) is 5.65. The highest BCUT2D eigenvalue weighted by Crippen LogP contribution is 2.34. The van der Waals surface area contributed by atoms with E-state index in [9.17, 15) is 0 Å². The zero-order valence-corrected chi connectivity index (χ0v) is 19.7. The molecule has 0 amide bonds. The van der Waals surface area contributed by atoms with Gasteiger partial charge in [0, 0.05) is 41.0 Å². The SMILES string of the molecule is CNCc1ccccc1-c1csc([C@@H](C)Nc2nncc3ccc(-c4cnn(C)c4)cc23)c1. The lowest BCUT2D eigenvalue weighted by Gasteiger charge is -2.14. The van der Waals surface area contributed by atoms with Crippen molar-refractivity contribution in [2.45, 2.75) is 19.5 Å². The summed E-state index contributed by atoms with van der Waals surface area (Å²) in [5.41, 5.74) is 6.01. The van der Waals surface area contributed by atoms with Crippen LogP contribution in [0, 0.1) is 0 Å². The number of aromatic nitrogens is 4. The molecular weight excluding hydrogens is 428 g/mol. The summed E-state index contributed by atoms with van der Waals surface area (Å²) in [6, 6.07) is 17.3. The van der Waals surface area contributed by atoms with Gasteiger partial charge in [-0.15, -0.1) is 16.4 Å². The van der Waals surface area contributed by atoms with E-state index < -0.39 is 0 Å². The Hall–Kier alpha value is -3.55. The molecule has 5 aromatic rings. The lowest BCUT2D eigenvalue weighted by Crippen LogP contribution is -2.08. The van der Waals surface area contributed by atoms with Crippen molar-refractivity contribution in [1.82, 2.24) is 25.3 Å². The third-order valence-electron chi connectivity index (χ3n) is 5.80. The number of thiophene rings is 1. The fourth-order valence-electron chi connectivity index (χ4n) is 4.08. The molecule has 5 rings (SSSR count). The number of nitrogens with one attached hydrogen (secondary N) is 2. The van der Waals surface area contributed by atoms with Crippen LogP contribution in [0.15, 0.2) is 72.5 Å². The largest absolute Gasteiger partial charge is 0.361 e. The van der Waals surface area contributed by atoms with Crippen molar-refractivity contribution in [2.75, 3.05) is 12.4 Å². The van der Waals surface area contributed by atoms with Crippen molar-refractivity contribution in [1.29, 1.82) is 0 Å². The molecule has 0 fully saturated rings. The quantitative estimate of drug-likeness (QED) is 0.333. The van der Waals surface area contributed by atoms with E-state index in [0.29, 0.717) is 0 Å². The molecule has 2 aromatic carbocycles. The van der Waals surface area contributed by atoms with Crippen LogP contribution in [0.2, 0.25) is 0 Å². The maximum absolute atomic E-state index is 4.43. The van der Waals surface area contributed by atoms with E-state index in [1.807, 2.05) is 31.2 Å². The minimum Gasteiger partial charge on any atom is -0.361 e. The van der Waals surface area contributed by atoms with E-state index in [2.05, 4.69) is 86.8 Å². The van der Waals surface area contributed by atoms with Gasteiger partial charge in [-0.1, -0.05) is 36.4 Å². The second-order valence-corrected chi connectivity index (χ2v) is 9.13. The van der Waals surface area contributed by atoms with Gasteiger partial charge in [-0.05, 0) is 53.7 Å². The van der Waals surface area contributed by atoms with Crippen LogP contribution in [0.3, 0.4) is 0 Å². The first-order chi connectivity index (χ1) is 16.1. The lowest BCUT2D eigenvalue weighted by atomic mass is 10.0. The average Bonchev–Trinajstić information content (AvgIpc) is 3.49. The van der Waals surface area contributed by atoms with Crippen LogP contribution in [0.25, 0.3) is 33.0 Å². The van der Waals surface area contributed by atoms with Gasteiger partial charge >= 0.3 is 0 Å². The van der Waals surface area contributed by atoms with Gasteiger partial charge in [0.2, 0.25) is 0 Å². The van der Waals surface area contributed by atoms with Crippen LogP contribution in [0.4, 0.5) is 5.82 Å². The number of nitrogens with zero attached hydrogens (tertiary/aromatic N) is 4. The van der Waals surface area contributed by atoms with Crippen LogP contribution in [0.1, 0.15) is 23.4 Å². The Balaban J connectivity index is 1.43. The van der Waals surface area contributed by atoms with Gasteiger partial charge in [0.25, 0.3) is 0 Å². The third kappa shape index (κ3) is 4.37. The maximum atomic E-state index is 4.43. The Kier molecular flexibility index (Phi) is 5.90. The van der Waals surface area contributed by atoms with Gasteiger partial charge in [-0.3, -0.25) is 4.68 Å². The Bertz CT molecular complexity index is 1400. The van der Waals surface area contributed by atoms with Crippen molar-refractivity contribution in [3.8, 4) is 22.3 Å². The minimum absolute atomic E-state index is 0.0992. The highest BCUT2D eigenvalue weighted by atomic mass is 32.1. The van der Waals surface area contributed by atoms with E-state index in [-0.39, 0.29) is 6.04 Å². The Morgan fingerprint density at radius 3 is 2.73 bits per heavy atom. The van der Waals surface area contributed by atoms with Gasteiger partial charge in [0.1, 0.15) is 0 Å². The Morgan fingerprint density at radius 2 is 1.91 bits per heavy atom. The highest BCUT2D eigenvalue weighted by Gasteiger charge is 2.14. The molecule has 0 spiro atoms. The Morgan fingerprint density at radius 1 is 1.03 bits per heavy atom. The number of hydrogen-bond acceptors (Lipinski definition) is 6. The predicted molar refractivity (Wildman–Crippen MR) is 136 cm³/mol. The van der Waals surface area contributed by atoms with Crippen LogP contribution in [-0.4, -0.2) is 27.0 Å². The molecular formula is C26H26N6S. The number of rotatable bonds is 7. The van der Waals surface area contributed by atoms with Crippen molar-refractivity contribution in [3.63, 3.8) is 0 Å². The van der Waals surface area contributed by atoms with E-state index in [1.165, 1.54) is 21.6 Å². The normalized spacial score (nSPS) is 12.2. The molecule has 166 valence electrons. The molecule has 0 bridgehead atoms. The number of aryl methyl sites for hydroxylation is 1. The van der Waals surface area contributed by atoms with Crippen molar-refractivity contribution >= 4 is 27.9 Å². The average molecular weight is 455 g/mol. The maximum Gasteiger partial charge on any atom is 0.157 e. The van der Waals surface area contributed by atoms with Crippen LogP contribution in [0.5, 0.6) is 0 Å². The molecule has 0 aliphatic heterocycles. The van der Waals surface area contributed by atoms with Crippen LogP contribution < -0.4 is 10.6 Å². The van der Waals surface area contributed by atoms with E-state index in [0.717, 1.165) is 34.3 Å². The summed E-state index contributed by atoms with van der Waals surface area (Å²) in [6.45, 7) is 3.01. The van der Waals surface area contributed by atoms with E-state index in [1.54, 1.807) is 17.5 Å². The zero-order valence-electron chi connectivity index (χ0n) is 18.9. The molecule has 0 radical (unpaired) electrons. The van der Waals surface area contributed by atoms with Gasteiger partial charge in [-0.25, -0.2) is 0 Å². The third-order valence-corrected chi connectivity index (χ3v) is 6.91. The second kappa shape index (κ2) is 9.13. The lowest BCUT2D eigenvalue weighted by molar-refractivity contribution is 0.768. The fourth-order valence-corrected chi connectivity index (χ4v) is 4.99. The first kappa shape index (κ1) is 21.3. The van der Waals surface area contributed by atoms with E-state index in [4.69, 9.17) is 0 Å². The minimum atomic E-state index is 0.0992. The topological polar surface area (TPSA) is 67.7 Å². The Labute approximate surface area is 197 Å². The van der Waals surface area contributed by atoms with Crippen molar-refractivity contribution < 1.29 is 0 Å². The number of benzene rings is 2. The molecule has 3 heterocycles. The first-order valence-electron chi connectivity index (χ1n) is 10.9. The van der Waals surface area contributed by atoms with Crippen LogP contribution in [-0.2, 0) is 13.6 Å². The molecule has 2 N–H and O–H groups in total. The number of anilines is 1. The molecule has 1 atom stereocenters. The summed E-state index contributed by atoms with van der Waals surface area (Å²) in [7, 11) is 3.91. The standard InChI is InChI=1S/C26H26N6S/c1-17(25-11-21(16-33-25)23-7-5-4-6-19(23)12-27-2)30-26-24-10-18(22-14-29-32(3)15-22)8-9-20(24)13-28-31-26/h4-11,13-17,27H,12H2,1-3H3,(H,30,31)/t17-/m1/s1. The molecule has 0 aliphatic rings. The summed E-state index contributed by atoms with van der Waals surface area (Å²) in [6.07, 6.45) is 5.70. The highest BCUT2D eigenvalue weighted by molar-refractivity contribution is 7.10. The van der Waals surface area contributed by atoms with Gasteiger partial charge < -0.3 is 10.6 Å².